The molecule has 0 amide bonds. The molecule has 100 valence electrons. The molecule has 1 aliphatic rings. The fourth-order valence-corrected chi connectivity index (χ4v) is 5.10. The number of thioether (sulfide) groups is 2. The van der Waals surface area contributed by atoms with Crippen molar-refractivity contribution < 1.29 is 0 Å². The van der Waals surface area contributed by atoms with Gasteiger partial charge in [0.05, 0.1) is 0 Å². The van der Waals surface area contributed by atoms with Crippen molar-refractivity contribution in [2.45, 2.75) is 24.6 Å². The first kappa shape index (κ1) is 14.0. The lowest BCUT2D eigenvalue weighted by Gasteiger charge is -2.30. The third-order valence-electron chi connectivity index (χ3n) is 3.06. The van der Waals surface area contributed by atoms with Crippen molar-refractivity contribution in [3.63, 3.8) is 0 Å². The van der Waals surface area contributed by atoms with Crippen LogP contribution >= 0.6 is 23.5 Å². The quantitative estimate of drug-likeness (QED) is 0.866. The van der Waals surface area contributed by atoms with Crippen LogP contribution in [0, 0.1) is 0 Å². The summed E-state index contributed by atoms with van der Waals surface area (Å²) in [6.45, 7) is 3.20. The van der Waals surface area contributed by atoms with Crippen LogP contribution < -0.4 is 11.1 Å². The summed E-state index contributed by atoms with van der Waals surface area (Å²) < 4.78 is 0. The first-order chi connectivity index (χ1) is 8.79. The van der Waals surface area contributed by atoms with E-state index in [2.05, 4.69) is 46.8 Å². The summed E-state index contributed by atoms with van der Waals surface area (Å²) in [6.07, 6.45) is 2.84. The molecule has 0 bridgehead atoms. The molecular weight excluding hydrogens is 262 g/mol. The average Bonchev–Trinajstić information content (AvgIpc) is 2.39. The Balaban J connectivity index is 2.00. The van der Waals surface area contributed by atoms with Crippen LogP contribution in [0.2, 0.25) is 0 Å². The molecule has 1 aliphatic heterocycles. The number of pyridine rings is 1. The second kappa shape index (κ2) is 7.26. The highest BCUT2D eigenvalue weighted by Crippen LogP contribution is 2.27. The number of nitrogens with one attached hydrogen (secondary N) is 1. The Labute approximate surface area is 118 Å². The van der Waals surface area contributed by atoms with Gasteiger partial charge in [0.15, 0.2) is 0 Å². The maximum absolute atomic E-state index is 5.75. The van der Waals surface area contributed by atoms with Crippen LogP contribution in [0.5, 0.6) is 0 Å². The van der Waals surface area contributed by atoms with E-state index in [0.29, 0.717) is 17.1 Å². The van der Waals surface area contributed by atoms with Crippen LogP contribution in [0.4, 0.5) is 5.82 Å². The van der Waals surface area contributed by atoms with Crippen LogP contribution in [-0.4, -0.2) is 40.1 Å². The Hall–Kier alpha value is -0.390. The Morgan fingerprint density at radius 2 is 2.44 bits per heavy atom. The number of rotatable bonds is 5. The molecule has 2 atom stereocenters. The molecule has 1 aromatic heterocycles. The number of hydrogen-bond acceptors (Lipinski definition) is 5. The minimum atomic E-state index is 0.537. The van der Waals surface area contributed by atoms with E-state index in [1.165, 1.54) is 22.8 Å². The van der Waals surface area contributed by atoms with Gasteiger partial charge in [-0.1, -0.05) is 6.92 Å². The van der Waals surface area contributed by atoms with Crippen molar-refractivity contribution in [2.24, 2.45) is 0 Å². The smallest absolute Gasteiger partial charge is 0.123 e. The number of hydrogen-bond donors (Lipinski definition) is 2. The fraction of sp³-hybridized carbons (Fsp3) is 0.615. The molecular formula is C13H21N3S2. The molecule has 3 nitrogen and oxygen atoms in total. The van der Waals surface area contributed by atoms with Gasteiger partial charge in [0.1, 0.15) is 5.82 Å². The number of anilines is 1. The first-order valence-corrected chi connectivity index (χ1v) is 8.63. The Kier molecular flexibility index (Phi) is 5.66. The lowest BCUT2D eigenvalue weighted by Crippen LogP contribution is -2.42. The van der Waals surface area contributed by atoms with Gasteiger partial charge in [-0.15, -0.1) is 0 Å². The highest BCUT2D eigenvalue weighted by molar-refractivity contribution is 8.06. The summed E-state index contributed by atoms with van der Waals surface area (Å²) in [7, 11) is 0. The highest BCUT2D eigenvalue weighted by atomic mass is 32.2. The first-order valence-electron chi connectivity index (χ1n) is 6.42. The van der Waals surface area contributed by atoms with Gasteiger partial charge in [-0.25, -0.2) is 4.98 Å². The Morgan fingerprint density at radius 3 is 3.11 bits per heavy atom. The van der Waals surface area contributed by atoms with Crippen LogP contribution in [0.15, 0.2) is 18.3 Å². The zero-order chi connectivity index (χ0) is 12.8. The van der Waals surface area contributed by atoms with Gasteiger partial charge in [0.25, 0.3) is 0 Å². The van der Waals surface area contributed by atoms with E-state index >= 15 is 0 Å². The van der Waals surface area contributed by atoms with Crippen LogP contribution in [-0.2, 0) is 6.42 Å². The number of nitrogens with zero attached hydrogens (tertiary/aromatic N) is 1. The zero-order valence-electron chi connectivity index (χ0n) is 10.8. The van der Waals surface area contributed by atoms with E-state index in [9.17, 15) is 0 Å². The van der Waals surface area contributed by atoms with Gasteiger partial charge < -0.3 is 11.1 Å². The third kappa shape index (κ3) is 4.07. The molecule has 0 radical (unpaired) electrons. The van der Waals surface area contributed by atoms with Gasteiger partial charge in [-0.2, -0.15) is 23.5 Å². The second-order valence-corrected chi connectivity index (χ2v) is 6.94. The third-order valence-corrected chi connectivity index (χ3v) is 5.98. The second-order valence-electron chi connectivity index (χ2n) is 4.44. The van der Waals surface area contributed by atoms with Gasteiger partial charge in [0.2, 0.25) is 0 Å². The molecule has 1 fully saturated rings. The monoisotopic (exact) mass is 283 g/mol. The SMILES string of the molecule is CCNC(Cc1ccnc(N)c1)C1CSCCS1. The Morgan fingerprint density at radius 1 is 1.56 bits per heavy atom. The molecule has 3 N–H and O–H groups in total. The summed E-state index contributed by atoms with van der Waals surface area (Å²) in [5.74, 6) is 4.44. The van der Waals surface area contributed by atoms with Crippen LogP contribution in [0.3, 0.4) is 0 Å². The molecule has 2 unspecified atom stereocenters. The predicted octanol–water partition coefficient (Wildman–Crippen LogP) is 2.03. The zero-order valence-corrected chi connectivity index (χ0v) is 12.4. The molecule has 0 aromatic carbocycles. The molecule has 2 heterocycles. The minimum absolute atomic E-state index is 0.537. The normalized spacial score (nSPS) is 21.7. The summed E-state index contributed by atoms with van der Waals surface area (Å²) in [5.41, 5.74) is 7.03. The highest BCUT2D eigenvalue weighted by Gasteiger charge is 2.24. The van der Waals surface area contributed by atoms with E-state index in [1.54, 1.807) is 6.20 Å². The van der Waals surface area contributed by atoms with E-state index in [0.717, 1.165) is 13.0 Å². The van der Waals surface area contributed by atoms with Crippen molar-refractivity contribution in [3.8, 4) is 0 Å². The maximum Gasteiger partial charge on any atom is 0.123 e. The van der Waals surface area contributed by atoms with Crippen LogP contribution in [0.1, 0.15) is 12.5 Å². The average molecular weight is 283 g/mol. The van der Waals surface area contributed by atoms with Crippen molar-refractivity contribution in [3.05, 3.63) is 23.9 Å². The number of likely N-dealkylation sites (N-methyl/N-ethyl adjacent to an activating group) is 1. The van der Waals surface area contributed by atoms with Gasteiger partial charge in [-0.05, 0) is 30.7 Å². The van der Waals surface area contributed by atoms with E-state index in [4.69, 9.17) is 5.73 Å². The van der Waals surface area contributed by atoms with Crippen molar-refractivity contribution in [1.82, 2.24) is 10.3 Å². The largest absolute Gasteiger partial charge is 0.384 e. The van der Waals surface area contributed by atoms with Gasteiger partial charge in [0, 0.05) is 34.7 Å². The number of nitrogens with two attached hydrogens (primary N) is 1. The van der Waals surface area contributed by atoms with E-state index in [-0.39, 0.29) is 0 Å². The molecule has 0 saturated carbocycles. The molecule has 0 aliphatic carbocycles. The predicted molar refractivity (Wildman–Crippen MR) is 83.4 cm³/mol. The van der Waals surface area contributed by atoms with Gasteiger partial charge in [-0.3, -0.25) is 0 Å². The van der Waals surface area contributed by atoms with E-state index < -0.39 is 0 Å². The lowest BCUT2D eigenvalue weighted by atomic mass is 10.0. The number of aromatic nitrogens is 1. The summed E-state index contributed by atoms with van der Waals surface area (Å²) in [5, 5.41) is 4.33. The molecule has 1 saturated heterocycles. The maximum atomic E-state index is 5.75. The Bertz CT molecular complexity index is 367. The molecule has 5 heteroatoms. The van der Waals surface area contributed by atoms with Gasteiger partial charge >= 0.3 is 0 Å². The summed E-state index contributed by atoms with van der Waals surface area (Å²) in [4.78, 5) is 4.05. The minimum Gasteiger partial charge on any atom is -0.384 e. The van der Waals surface area contributed by atoms with Crippen LogP contribution in [0.25, 0.3) is 0 Å². The summed E-state index contributed by atoms with van der Waals surface area (Å²) in [6, 6.07) is 4.60. The molecule has 2 rings (SSSR count). The fourth-order valence-electron chi connectivity index (χ4n) is 2.21. The van der Waals surface area contributed by atoms with Crippen molar-refractivity contribution >= 4 is 29.3 Å². The van der Waals surface area contributed by atoms with Crippen molar-refractivity contribution in [2.75, 3.05) is 29.5 Å². The molecule has 18 heavy (non-hydrogen) atoms. The number of nitrogen functional groups attached to an aromatic ring is 1. The topological polar surface area (TPSA) is 50.9 Å². The van der Waals surface area contributed by atoms with Crippen molar-refractivity contribution in [1.29, 1.82) is 0 Å². The lowest BCUT2D eigenvalue weighted by molar-refractivity contribution is 0.522. The summed E-state index contributed by atoms with van der Waals surface area (Å²) >= 11 is 4.18. The standard InChI is InChI=1S/C13H21N3S2/c1-2-15-11(12-9-17-5-6-18-12)7-10-3-4-16-13(14)8-10/h3-4,8,11-12,15H,2,5-7,9H2,1H3,(H2,14,16). The molecule has 0 spiro atoms. The van der Waals surface area contributed by atoms with E-state index in [1.807, 2.05) is 6.07 Å². The molecule has 1 aromatic rings.